The van der Waals surface area contributed by atoms with Crippen LogP contribution in [0.4, 0.5) is 11.4 Å². The fourth-order valence-corrected chi connectivity index (χ4v) is 4.63. The summed E-state index contributed by atoms with van der Waals surface area (Å²) in [5, 5.41) is 7.33. The summed E-state index contributed by atoms with van der Waals surface area (Å²) in [4.78, 5) is 29.5. The predicted molar refractivity (Wildman–Crippen MR) is 136 cm³/mol. The number of hydrazone groups is 1. The van der Waals surface area contributed by atoms with Gasteiger partial charge < -0.3 is 19.5 Å². The van der Waals surface area contributed by atoms with Gasteiger partial charge in [-0.1, -0.05) is 24.8 Å². The maximum Gasteiger partial charge on any atom is 0.276 e. The molecule has 2 aliphatic heterocycles. The fourth-order valence-electron chi connectivity index (χ4n) is 3.65. The molecule has 2 N–H and O–H groups in total. The first kappa shape index (κ1) is 24.3. The Hall–Kier alpha value is -3.86. The second kappa shape index (κ2) is 10.6. The van der Waals surface area contributed by atoms with E-state index >= 15 is 0 Å². The summed E-state index contributed by atoms with van der Waals surface area (Å²) in [5.41, 5.74) is 4.09. The number of carbonyl (C=O) groups is 2. The third-order valence-electron chi connectivity index (χ3n) is 5.54. The lowest BCUT2D eigenvalue weighted by molar-refractivity contribution is -0.122. The number of rotatable bonds is 8. The lowest BCUT2D eigenvalue weighted by Crippen LogP contribution is -2.52. The summed E-state index contributed by atoms with van der Waals surface area (Å²) >= 11 is 1.28. The van der Waals surface area contributed by atoms with Gasteiger partial charge in [-0.2, -0.15) is 5.10 Å². The van der Waals surface area contributed by atoms with E-state index in [1.54, 1.807) is 60.7 Å². The van der Waals surface area contributed by atoms with Crippen LogP contribution < -0.4 is 29.9 Å². The standard InChI is InChI=1S/C24H27N5O5S/c1-5-20(22(30)25-18-14-17(33-3)9-10-19(18)34-4)35-24-27-26-21-23(31)28(11-12-29(21)24)15-7-6-8-16(13-15)32-2/h6-14,20-21,26H,5H2,1-4H3,(H,25,30). The van der Waals surface area contributed by atoms with Crippen molar-refractivity contribution < 1.29 is 23.8 Å². The molecule has 0 fully saturated rings. The summed E-state index contributed by atoms with van der Waals surface area (Å²) in [6.45, 7) is 1.92. The number of nitrogens with zero attached hydrogens (tertiary/aromatic N) is 3. The van der Waals surface area contributed by atoms with Crippen LogP contribution in [0.25, 0.3) is 0 Å². The first-order valence-corrected chi connectivity index (χ1v) is 11.8. The van der Waals surface area contributed by atoms with Gasteiger partial charge in [0, 0.05) is 24.5 Å². The molecule has 184 valence electrons. The highest BCUT2D eigenvalue weighted by Crippen LogP contribution is 2.32. The van der Waals surface area contributed by atoms with Gasteiger partial charge in [0.1, 0.15) is 17.2 Å². The number of fused-ring (bicyclic) bond motifs is 1. The molecule has 2 atom stereocenters. The van der Waals surface area contributed by atoms with E-state index in [0.717, 1.165) is 0 Å². The van der Waals surface area contributed by atoms with Crippen LogP contribution in [0, 0.1) is 0 Å². The Labute approximate surface area is 207 Å². The van der Waals surface area contributed by atoms with Gasteiger partial charge in [-0.3, -0.25) is 24.8 Å². The van der Waals surface area contributed by atoms with Crippen molar-refractivity contribution in [3.05, 3.63) is 54.9 Å². The highest BCUT2D eigenvalue weighted by Gasteiger charge is 2.39. The van der Waals surface area contributed by atoms with Crippen molar-refractivity contribution in [2.24, 2.45) is 5.10 Å². The van der Waals surface area contributed by atoms with Crippen molar-refractivity contribution in [3.8, 4) is 17.2 Å². The van der Waals surface area contributed by atoms with E-state index in [0.29, 0.717) is 40.2 Å². The van der Waals surface area contributed by atoms with Crippen LogP contribution in [0.3, 0.4) is 0 Å². The molecule has 0 spiro atoms. The Morgan fingerprint density at radius 1 is 1.11 bits per heavy atom. The molecule has 0 aliphatic carbocycles. The molecule has 2 aromatic rings. The zero-order valence-corrected chi connectivity index (χ0v) is 20.7. The lowest BCUT2D eigenvalue weighted by Gasteiger charge is -2.32. The summed E-state index contributed by atoms with van der Waals surface area (Å²) < 4.78 is 15.9. The van der Waals surface area contributed by atoms with E-state index < -0.39 is 11.4 Å². The quantitative estimate of drug-likeness (QED) is 0.573. The van der Waals surface area contributed by atoms with Crippen molar-refractivity contribution in [2.75, 3.05) is 31.5 Å². The van der Waals surface area contributed by atoms with Gasteiger partial charge in [0.05, 0.1) is 38.0 Å². The van der Waals surface area contributed by atoms with Gasteiger partial charge in [-0.15, -0.1) is 0 Å². The Kier molecular flexibility index (Phi) is 7.35. The highest BCUT2D eigenvalue weighted by atomic mass is 32.2. The zero-order chi connectivity index (χ0) is 24.9. The SMILES string of the molecule is CCC(SC1=NNC2C(=O)N(c3cccc(OC)c3)C=CN12)C(=O)Nc1cc(OC)ccc1OC. The maximum atomic E-state index is 13.2. The number of thioether (sulfide) groups is 1. The molecule has 0 aromatic heterocycles. The number of amides is 2. The Bertz CT molecular complexity index is 1170. The average Bonchev–Trinajstić information content (AvgIpc) is 3.30. The van der Waals surface area contributed by atoms with Crippen molar-refractivity contribution in [3.63, 3.8) is 0 Å². The zero-order valence-electron chi connectivity index (χ0n) is 19.8. The smallest absolute Gasteiger partial charge is 0.276 e. The van der Waals surface area contributed by atoms with Crippen molar-refractivity contribution in [1.29, 1.82) is 0 Å². The topological polar surface area (TPSA) is 105 Å². The van der Waals surface area contributed by atoms with Crippen LogP contribution >= 0.6 is 11.8 Å². The number of anilines is 2. The normalized spacial score (nSPS) is 17.3. The fraction of sp³-hybridized carbons (Fsp3) is 0.292. The minimum atomic E-state index is -0.701. The Balaban J connectivity index is 1.47. The van der Waals surface area contributed by atoms with Gasteiger partial charge in [-0.05, 0) is 30.7 Å². The Morgan fingerprint density at radius 3 is 2.60 bits per heavy atom. The average molecular weight is 498 g/mol. The molecule has 2 amide bonds. The van der Waals surface area contributed by atoms with E-state index in [-0.39, 0.29) is 11.8 Å². The molecule has 2 unspecified atom stereocenters. The number of nitrogens with one attached hydrogen (secondary N) is 2. The van der Waals surface area contributed by atoms with E-state index in [9.17, 15) is 9.59 Å². The lowest BCUT2D eigenvalue weighted by atomic mass is 10.2. The van der Waals surface area contributed by atoms with E-state index in [1.165, 1.54) is 18.9 Å². The van der Waals surface area contributed by atoms with Crippen LogP contribution in [0.5, 0.6) is 17.2 Å². The second-order valence-electron chi connectivity index (χ2n) is 7.61. The number of methoxy groups -OCH3 is 3. The third-order valence-corrected chi connectivity index (χ3v) is 6.88. The summed E-state index contributed by atoms with van der Waals surface area (Å²) in [5.74, 6) is 1.38. The molecule has 0 saturated heterocycles. The van der Waals surface area contributed by atoms with Gasteiger partial charge in [-0.25, -0.2) is 0 Å². The molecule has 0 saturated carbocycles. The first-order chi connectivity index (χ1) is 17.0. The molecule has 0 bridgehead atoms. The van der Waals surface area contributed by atoms with Crippen LogP contribution in [0.1, 0.15) is 13.3 Å². The van der Waals surface area contributed by atoms with Crippen molar-refractivity contribution >= 4 is 40.1 Å². The number of hydrogen-bond acceptors (Lipinski definition) is 9. The van der Waals surface area contributed by atoms with Crippen molar-refractivity contribution in [1.82, 2.24) is 10.3 Å². The van der Waals surface area contributed by atoms with Crippen LogP contribution in [0.15, 0.2) is 60.0 Å². The number of amidine groups is 1. The van der Waals surface area contributed by atoms with E-state index in [1.807, 2.05) is 25.1 Å². The van der Waals surface area contributed by atoms with Crippen LogP contribution in [0.2, 0.25) is 0 Å². The number of carbonyl (C=O) groups excluding carboxylic acids is 2. The van der Waals surface area contributed by atoms with E-state index in [4.69, 9.17) is 14.2 Å². The molecule has 2 heterocycles. The summed E-state index contributed by atoms with van der Waals surface area (Å²) in [6, 6.07) is 12.5. The van der Waals surface area contributed by atoms with Gasteiger partial charge in [0.15, 0.2) is 5.17 Å². The minimum absolute atomic E-state index is 0.196. The second-order valence-corrected chi connectivity index (χ2v) is 8.78. The Morgan fingerprint density at radius 2 is 1.89 bits per heavy atom. The minimum Gasteiger partial charge on any atom is -0.497 e. The summed E-state index contributed by atoms with van der Waals surface area (Å²) in [6.07, 6.45) is 3.30. The molecule has 11 heteroatoms. The molecule has 0 radical (unpaired) electrons. The molecular weight excluding hydrogens is 470 g/mol. The largest absolute Gasteiger partial charge is 0.497 e. The molecular formula is C24H27N5O5S. The van der Waals surface area contributed by atoms with E-state index in [2.05, 4.69) is 15.8 Å². The van der Waals surface area contributed by atoms with Crippen LogP contribution in [-0.4, -0.2) is 54.6 Å². The highest BCUT2D eigenvalue weighted by molar-refractivity contribution is 8.14. The molecule has 2 aromatic carbocycles. The van der Waals surface area contributed by atoms with Crippen LogP contribution in [-0.2, 0) is 9.59 Å². The predicted octanol–water partition coefficient (Wildman–Crippen LogP) is 3.18. The van der Waals surface area contributed by atoms with Crippen molar-refractivity contribution in [2.45, 2.75) is 24.8 Å². The summed E-state index contributed by atoms with van der Waals surface area (Å²) in [7, 11) is 4.68. The van der Waals surface area contributed by atoms with Gasteiger partial charge in [0.2, 0.25) is 12.1 Å². The maximum absolute atomic E-state index is 13.2. The molecule has 10 nitrogen and oxygen atoms in total. The van der Waals surface area contributed by atoms with Gasteiger partial charge in [0.25, 0.3) is 5.91 Å². The molecule has 4 rings (SSSR count). The first-order valence-electron chi connectivity index (χ1n) is 11.0. The monoisotopic (exact) mass is 497 g/mol. The third kappa shape index (κ3) is 4.99. The number of ether oxygens (including phenoxy) is 3. The molecule has 2 aliphatic rings. The number of benzene rings is 2. The number of hydrogen-bond donors (Lipinski definition) is 2. The molecule has 35 heavy (non-hydrogen) atoms. The van der Waals surface area contributed by atoms with Gasteiger partial charge >= 0.3 is 0 Å².